The second kappa shape index (κ2) is 5.34. The minimum atomic E-state index is 0.184. The van der Waals surface area contributed by atoms with Crippen molar-refractivity contribution in [1.29, 1.82) is 0 Å². The minimum absolute atomic E-state index is 0.184. The molecule has 0 unspecified atom stereocenters. The molecule has 2 aliphatic heterocycles. The molecule has 0 atom stereocenters. The Bertz CT molecular complexity index is 294. The molecule has 0 amide bonds. The van der Waals surface area contributed by atoms with Crippen molar-refractivity contribution in [3.63, 3.8) is 0 Å². The van der Waals surface area contributed by atoms with E-state index in [1.165, 1.54) is 26.2 Å². The first-order valence-electron chi connectivity index (χ1n) is 7.88. The Morgan fingerprint density at radius 2 is 1.68 bits per heavy atom. The Hall–Kier alpha value is -0.120. The maximum absolute atomic E-state index is 9.73. The van der Waals surface area contributed by atoms with E-state index in [0.717, 1.165) is 18.9 Å². The summed E-state index contributed by atoms with van der Waals surface area (Å²) in [7, 11) is 0. The van der Waals surface area contributed by atoms with Crippen LogP contribution in [-0.2, 0) is 0 Å². The summed E-state index contributed by atoms with van der Waals surface area (Å²) in [6.07, 6.45) is 2.32. The van der Waals surface area contributed by atoms with Gasteiger partial charge in [-0.05, 0) is 58.0 Å². The van der Waals surface area contributed by atoms with Crippen molar-refractivity contribution in [1.82, 2.24) is 9.80 Å². The van der Waals surface area contributed by atoms with Gasteiger partial charge in [0.2, 0.25) is 0 Å². The molecule has 0 spiro atoms. The number of piperidine rings is 1. The van der Waals surface area contributed by atoms with Crippen LogP contribution in [0, 0.1) is 11.3 Å². The summed E-state index contributed by atoms with van der Waals surface area (Å²) in [5.74, 6) is 0.590. The normalized spacial score (nSPS) is 26.7. The van der Waals surface area contributed by atoms with Gasteiger partial charge in [-0.2, -0.15) is 0 Å². The largest absolute Gasteiger partial charge is 0.396 e. The van der Waals surface area contributed by atoms with Crippen LogP contribution >= 0.6 is 0 Å². The monoisotopic (exact) mass is 268 g/mol. The van der Waals surface area contributed by atoms with E-state index >= 15 is 0 Å². The van der Waals surface area contributed by atoms with Crippen molar-refractivity contribution in [3.8, 4) is 0 Å². The average Bonchev–Trinajstić information content (AvgIpc) is 2.26. The van der Waals surface area contributed by atoms with Crippen LogP contribution in [0.3, 0.4) is 0 Å². The molecule has 1 N–H and O–H groups in total. The number of hydrogen-bond donors (Lipinski definition) is 1. The molecule has 3 nitrogen and oxygen atoms in total. The molecule has 2 fully saturated rings. The maximum atomic E-state index is 9.73. The zero-order valence-corrected chi connectivity index (χ0v) is 13.4. The number of rotatable bonds is 3. The van der Waals surface area contributed by atoms with Gasteiger partial charge in [-0.1, -0.05) is 13.8 Å². The summed E-state index contributed by atoms with van der Waals surface area (Å²) in [5, 5.41) is 9.73. The summed E-state index contributed by atoms with van der Waals surface area (Å²) in [6, 6.07) is 0.753. The van der Waals surface area contributed by atoms with Gasteiger partial charge in [0.1, 0.15) is 0 Å². The Morgan fingerprint density at radius 3 is 2.05 bits per heavy atom. The number of hydrogen-bond acceptors (Lipinski definition) is 3. The molecule has 2 rings (SSSR count). The maximum Gasteiger partial charge on any atom is 0.0490 e. The Kier molecular flexibility index (Phi) is 4.29. The highest BCUT2D eigenvalue weighted by Crippen LogP contribution is 2.39. The Morgan fingerprint density at radius 1 is 1.16 bits per heavy atom. The quantitative estimate of drug-likeness (QED) is 0.850. The van der Waals surface area contributed by atoms with Crippen LogP contribution in [0.5, 0.6) is 0 Å². The SMILES string of the molecule is CC(C)C1(CO)CCN(C2CN(C(C)(C)C)C2)CC1. The predicted molar refractivity (Wildman–Crippen MR) is 80.3 cm³/mol. The van der Waals surface area contributed by atoms with E-state index in [0.29, 0.717) is 18.1 Å². The van der Waals surface area contributed by atoms with Crippen LogP contribution in [0.15, 0.2) is 0 Å². The molecular formula is C16H32N2O. The van der Waals surface area contributed by atoms with E-state index in [2.05, 4.69) is 44.4 Å². The van der Waals surface area contributed by atoms with Crippen LogP contribution in [0.1, 0.15) is 47.5 Å². The molecule has 0 aromatic carbocycles. The van der Waals surface area contributed by atoms with Crippen molar-refractivity contribution in [3.05, 3.63) is 0 Å². The van der Waals surface area contributed by atoms with Gasteiger partial charge in [0.25, 0.3) is 0 Å². The second-order valence-electron chi connectivity index (χ2n) is 7.94. The third-order valence-corrected chi connectivity index (χ3v) is 5.66. The third kappa shape index (κ3) is 2.98. The van der Waals surface area contributed by atoms with Gasteiger partial charge >= 0.3 is 0 Å². The topological polar surface area (TPSA) is 26.7 Å². The third-order valence-electron chi connectivity index (χ3n) is 5.66. The van der Waals surface area contributed by atoms with Crippen molar-refractivity contribution < 1.29 is 5.11 Å². The van der Waals surface area contributed by atoms with E-state index in [-0.39, 0.29) is 5.41 Å². The number of nitrogens with zero attached hydrogens (tertiary/aromatic N) is 2. The van der Waals surface area contributed by atoms with E-state index in [1.807, 2.05) is 0 Å². The first kappa shape index (κ1) is 15.3. The van der Waals surface area contributed by atoms with Crippen LogP contribution < -0.4 is 0 Å². The fourth-order valence-corrected chi connectivity index (χ4v) is 3.49. The number of likely N-dealkylation sites (tertiary alicyclic amines) is 2. The zero-order chi connectivity index (χ0) is 14.3. The van der Waals surface area contributed by atoms with Gasteiger partial charge in [0, 0.05) is 31.3 Å². The highest BCUT2D eigenvalue weighted by Gasteiger charge is 2.42. The van der Waals surface area contributed by atoms with Gasteiger partial charge in [0.05, 0.1) is 0 Å². The molecule has 0 aromatic rings. The van der Waals surface area contributed by atoms with Gasteiger partial charge in [0.15, 0.2) is 0 Å². The fourth-order valence-electron chi connectivity index (χ4n) is 3.49. The lowest BCUT2D eigenvalue weighted by Crippen LogP contribution is -2.66. The molecule has 0 saturated carbocycles. The summed E-state index contributed by atoms with van der Waals surface area (Å²) < 4.78 is 0. The summed E-state index contributed by atoms with van der Waals surface area (Å²) >= 11 is 0. The minimum Gasteiger partial charge on any atom is -0.396 e. The Balaban J connectivity index is 1.82. The van der Waals surface area contributed by atoms with E-state index in [9.17, 15) is 5.11 Å². The van der Waals surface area contributed by atoms with E-state index in [1.54, 1.807) is 0 Å². The summed E-state index contributed by atoms with van der Waals surface area (Å²) in [4.78, 5) is 5.21. The van der Waals surface area contributed by atoms with Crippen molar-refractivity contribution in [2.45, 2.75) is 59.0 Å². The van der Waals surface area contributed by atoms with Gasteiger partial charge in [-0.25, -0.2) is 0 Å². The van der Waals surface area contributed by atoms with Crippen LogP contribution in [0.4, 0.5) is 0 Å². The van der Waals surface area contributed by atoms with Crippen molar-refractivity contribution >= 4 is 0 Å². The predicted octanol–water partition coefficient (Wildman–Crippen LogP) is 2.20. The second-order valence-corrected chi connectivity index (χ2v) is 7.94. The smallest absolute Gasteiger partial charge is 0.0490 e. The molecule has 0 aliphatic carbocycles. The molecule has 2 heterocycles. The molecule has 19 heavy (non-hydrogen) atoms. The lowest BCUT2D eigenvalue weighted by molar-refractivity contribution is -0.0612. The van der Waals surface area contributed by atoms with Crippen LogP contribution in [0.25, 0.3) is 0 Å². The van der Waals surface area contributed by atoms with Gasteiger partial charge in [-0.3, -0.25) is 9.80 Å². The zero-order valence-electron chi connectivity index (χ0n) is 13.4. The molecule has 0 bridgehead atoms. The fraction of sp³-hybridized carbons (Fsp3) is 1.00. The average molecular weight is 268 g/mol. The van der Waals surface area contributed by atoms with Gasteiger partial charge in [-0.15, -0.1) is 0 Å². The molecular weight excluding hydrogens is 236 g/mol. The van der Waals surface area contributed by atoms with E-state index < -0.39 is 0 Å². The van der Waals surface area contributed by atoms with Crippen molar-refractivity contribution in [2.24, 2.45) is 11.3 Å². The lowest BCUT2D eigenvalue weighted by atomic mass is 9.70. The highest BCUT2D eigenvalue weighted by atomic mass is 16.3. The molecule has 2 saturated heterocycles. The molecule has 0 radical (unpaired) electrons. The van der Waals surface area contributed by atoms with Crippen molar-refractivity contribution in [2.75, 3.05) is 32.8 Å². The first-order valence-corrected chi connectivity index (χ1v) is 7.88. The molecule has 3 heteroatoms. The molecule has 112 valence electrons. The van der Waals surface area contributed by atoms with Crippen LogP contribution in [0.2, 0.25) is 0 Å². The lowest BCUT2D eigenvalue weighted by Gasteiger charge is -2.54. The molecule has 2 aliphatic rings. The molecule has 0 aromatic heterocycles. The first-order chi connectivity index (χ1) is 8.78. The highest BCUT2D eigenvalue weighted by molar-refractivity contribution is 4.97. The summed E-state index contributed by atoms with van der Waals surface area (Å²) in [6.45, 7) is 16.6. The number of aliphatic hydroxyl groups excluding tert-OH is 1. The standard InChI is InChI=1S/C16H32N2O/c1-13(2)16(12-19)6-8-17(9-7-16)14-10-18(11-14)15(3,4)5/h13-14,19H,6-12H2,1-5H3. The van der Waals surface area contributed by atoms with Gasteiger partial charge < -0.3 is 5.11 Å². The van der Waals surface area contributed by atoms with Crippen LogP contribution in [-0.4, -0.2) is 59.3 Å². The summed E-state index contributed by atoms with van der Waals surface area (Å²) in [5.41, 5.74) is 0.503. The van der Waals surface area contributed by atoms with E-state index in [4.69, 9.17) is 0 Å². The number of aliphatic hydroxyl groups is 1. The Labute approximate surface area is 119 Å².